The van der Waals surface area contributed by atoms with Gasteiger partial charge in [0.2, 0.25) is 0 Å². The van der Waals surface area contributed by atoms with E-state index in [1.54, 1.807) is 12.1 Å². The number of rotatable bonds is 2. The summed E-state index contributed by atoms with van der Waals surface area (Å²) in [6.07, 6.45) is 1.87. The van der Waals surface area contributed by atoms with Crippen LogP contribution in [0.15, 0.2) is 18.2 Å². The Morgan fingerprint density at radius 1 is 1.47 bits per heavy atom. The zero-order chi connectivity index (χ0) is 11.1. The summed E-state index contributed by atoms with van der Waals surface area (Å²) in [5, 5.41) is 10.5. The first-order chi connectivity index (χ1) is 7.15. The van der Waals surface area contributed by atoms with Gasteiger partial charge >= 0.3 is 0 Å². The van der Waals surface area contributed by atoms with Crippen molar-refractivity contribution in [2.24, 2.45) is 5.92 Å². The lowest BCUT2D eigenvalue weighted by Gasteiger charge is -2.12. The van der Waals surface area contributed by atoms with Gasteiger partial charge in [-0.25, -0.2) is 0 Å². The van der Waals surface area contributed by atoms with Crippen molar-refractivity contribution in [3.05, 3.63) is 33.8 Å². The van der Waals surface area contributed by atoms with Crippen molar-refractivity contribution >= 4 is 23.2 Å². The highest BCUT2D eigenvalue weighted by Crippen LogP contribution is 2.58. The van der Waals surface area contributed by atoms with Gasteiger partial charge in [0.15, 0.2) is 0 Å². The Kier molecular flexibility index (Phi) is 2.66. The molecule has 0 spiro atoms. The lowest BCUT2D eigenvalue weighted by Crippen LogP contribution is -2.08. The Balaban J connectivity index is 2.51. The predicted octanol–water partition coefficient (Wildman–Crippen LogP) is 4.18. The lowest BCUT2D eigenvalue weighted by atomic mass is 9.94. The van der Waals surface area contributed by atoms with Gasteiger partial charge in [0.05, 0.1) is 11.5 Å². The number of hydrogen-bond donors (Lipinski definition) is 0. The van der Waals surface area contributed by atoms with Crippen molar-refractivity contribution in [1.29, 1.82) is 5.26 Å². The molecule has 0 radical (unpaired) electrons. The lowest BCUT2D eigenvalue weighted by molar-refractivity contribution is 0.701. The van der Waals surface area contributed by atoms with E-state index in [1.807, 2.05) is 6.07 Å². The van der Waals surface area contributed by atoms with Crippen LogP contribution < -0.4 is 0 Å². The maximum atomic E-state index is 9.29. The minimum Gasteiger partial charge on any atom is -0.197 e. The van der Waals surface area contributed by atoms with Gasteiger partial charge in [0.1, 0.15) is 0 Å². The number of benzene rings is 1. The number of hydrogen-bond acceptors (Lipinski definition) is 1. The van der Waals surface area contributed by atoms with Crippen LogP contribution in [0, 0.1) is 17.2 Å². The average molecular weight is 240 g/mol. The van der Waals surface area contributed by atoms with E-state index in [4.69, 9.17) is 23.2 Å². The number of nitriles is 1. The summed E-state index contributed by atoms with van der Waals surface area (Å²) in [6, 6.07) is 7.79. The summed E-state index contributed by atoms with van der Waals surface area (Å²) in [5.41, 5.74) is 0.396. The SMILES string of the molecule is CCC1CC1(C#N)c1c(Cl)cccc1Cl. The predicted molar refractivity (Wildman–Crippen MR) is 62.2 cm³/mol. The van der Waals surface area contributed by atoms with Gasteiger partial charge in [-0.05, 0) is 24.5 Å². The van der Waals surface area contributed by atoms with E-state index < -0.39 is 5.41 Å². The van der Waals surface area contributed by atoms with Crippen LogP contribution in [-0.4, -0.2) is 0 Å². The molecule has 0 heterocycles. The molecule has 2 rings (SSSR count). The highest BCUT2D eigenvalue weighted by Gasteiger charge is 2.56. The molecule has 0 N–H and O–H groups in total. The Morgan fingerprint density at radius 3 is 2.47 bits per heavy atom. The van der Waals surface area contributed by atoms with Crippen molar-refractivity contribution < 1.29 is 0 Å². The van der Waals surface area contributed by atoms with Crippen LogP contribution >= 0.6 is 23.2 Å². The van der Waals surface area contributed by atoms with Gasteiger partial charge in [-0.2, -0.15) is 5.26 Å². The molecule has 2 unspecified atom stereocenters. The van der Waals surface area contributed by atoms with Gasteiger partial charge in [0.25, 0.3) is 0 Å². The van der Waals surface area contributed by atoms with Crippen LogP contribution in [0.3, 0.4) is 0 Å². The highest BCUT2D eigenvalue weighted by molar-refractivity contribution is 6.36. The minimum atomic E-state index is -0.426. The third-order valence-electron chi connectivity index (χ3n) is 3.21. The van der Waals surface area contributed by atoms with Gasteiger partial charge < -0.3 is 0 Å². The fourth-order valence-corrected chi connectivity index (χ4v) is 2.98. The molecular formula is C12H11Cl2N. The molecule has 0 saturated heterocycles. The maximum Gasteiger partial charge on any atom is 0.0883 e. The van der Waals surface area contributed by atoms with E-state index in [-0.39, 0.29) is 0 Å². The van der Waals surface area contributed by atoms with E-state index in [0.29, 0.717) is 16.0 Å². The van der Waals surface area contributed by atoms with Gasteiger partial charge in [-0.1, -0.05) is 42.6 Å². The van der Waals surface area contributed by atoms with Crippen LogP contribution in [0.2, 0.25) is 10.0 Å². The second-order valence-electron chi connectivity index (χ2n) is 3.99. The average Bonchev–Trinajstić information content (AvgIpc) is 2.93. The molecule has 1 saturated carbocycles. The van der Waals surface area contributed by atoms with E-state index in [9.17, 15) is 5.26 Å². The van der Waals surface area contributed by atoms with Crippen molar-refractivity contribution in [2.75, 3.05) is 0 Å². The maximum absolute atomic E-state index is 9.29. The van der Waals surface area contributed by atoms with E-state index in [1.165, 1.54) is 0 Å². The summed E-state index contributed by atoms with van der Waals surface area (Å²) in [5.74, 6) is 0.403. The standard InChI is InChI=1S/C12H11Cl2N/c1-2-8-6-12(8,7-15)11-9(13)4-3-5-10(11)14/h3-5,8H,2,6H2,1H3. The molecule has 0 aromatic heterocycles. The second-order valence-corrected chi connectivity index (χ2v) is 4.80. The van der Waals surface area contributed by atoms with Gasteiger partial charge in [-0.3, -0.25) is 0 Å². The molecule has 1 aromatic rings. The Bertz CT molecular complexity index is 415. The molecule has 1 nitrogen and oxygen atoms in total. The minimum absolute atomic E-state index is 0.403. The van der Waals surface area contributed by atoms with E-state index >= 15 is 0 Å². The van der Waals surface area contributed by atoms with Crippen LogP contribution in [0.1, 0.15) is 25.3 Å². The molecular weight excluding hydrogens is 229 g/mol. The smallest absolute Gasteiger partial charge is 0.0883 e. The quantitative estimate of drug-likeness (QED) is 0.760. The van der Waals surface area contributed by atoms with Crippen LogP contribution in [0.25, 0.3) is 0 Å². The summed E-state index contributed by atoms with van der Waals surface area (Å²) in [4.78, 5) is 0. The van der Waals surface area contributed by atoms with E-state index in [0.717, 1.165) is 18.4 Å². The molecule has 1 fully saturated rings. The molecule has 3 heteroatoms. The summed E-state index contributed by atoms with van der Waals surface area (Å²) in [7, 11) is 0. The van der Waals surface area contributed by atoms with Crippen molar-refractivity contribution in [3.63, 3.8) is 0 Å². The van der Waals surface area contributed by atoms with Gasteiger partial charge in [0, 0.05) is 15.6 Å². The topological polar surface area (TPSA) is 23.8 Å². The highest BCUT2D eigenvalue weighted by atomic mass is 35.5. The normalized spacial score (nSPS) is 28.5. The van der Waals surface area contributed by atoms with E-state index in [2.05, 4.69) is 13.0 Å². The number of halogens is 2. The Morgan fingerprint density at radius 2 is 2.07 bits per heavy atom. The molecule has 15 heavy (non-hydrogen) atoms. The molecule has 2 atom stereocenters. The van der Waals surface area contributed by atoms with Crippen molar-refractivity contribution in [3.8, 4) is 6.07 Å². The number of nitrogens with zero attached hydrogens (tertiary/aromatic N) is 1. The molecule has 0 amide bonds. The molecule has 1 aromatic carbocycles. The second kappa shape index (κ2) is 3.70. The van der Waals surface area contributed by atoms with Crippen LogP contribution in [-0.2, 0) is 5.41 Å². The monoisotopic (exact) mass is 239 g/mol. The third-order valence-corrected chi connectivity index (χ3v) is 3.84. The first-order valence-corrected chi connectivity index (χ1v) is 5.77. The van der Waals surface area contributed by atoms with Crippen LogP contribution in [0.5, 0.6) is 0 Å². The zero-order valence-electron chi connectivity index (χ0n) is 8.43. The van der Waals surface area contributed by atoms with Crippen LogP contribution in [0.4, 0.5) is 0 Å². The fraction of sp³-hybridized carbons (Fsp3) is 0.417. The molecule has 1 aliphatic rings. The first kappa shape index (κ1) is 10.8. The molecule has 0 bridgehead atoms. The molecule has 0 aliphatic heterocycles. The molecule has 1 aliphatic carbocycles. The zero-order valence-corrected chi connectivity index (χ0v) is 9.94. The summed E-state index contributed by atoms with van der Waals surface area (Å²) in [6.45, 7) is 2.09. The van der Waals surface area contributed by atoms with Crippen molar-refractivity contribution in [1.82, 2.24) is 0 Å². The third kappa shape index (κ3) is 1.53. The Hall–Kier alpha value is -0.710. The summed E-state index contributed by atoms with van der Waals surface area (Å²) >= 11 is 12.2. The summed E-state index contributed by atoms with van der Waals surface area (Å²) < 4.78 is 0. The fourth-order valence-electron chi connectivity index (χ4n) is 2.25. The Labute approximate surface area is 99.6 Å². The largest absolute Gasteiger partial charge is 0.197 e. The first-order valence-electron chi connectivity index (χ1n) is 5.01. The molecule has 78 valence electrons. The van der Waals surface area contributed by atoms with Gasteiger partial charge in [-0.15, -0.1) is 0 Å². The van der Waals surface area contributed by atoms with Crippen molar-refractivity contribution in [2.45, 2.75) is 25.2 Å².